The summed E-state index contributed by atoms with van der Waals surface area (Å²) in [4.78, 5) is 9.99. The zero-order valence-corrected chi connectivity index (χ0v) is 9.63. The van der Waals surface area contributed by atoms with Crippen LogP contribution in [0.3, 0.4) is 0 Å². The second-order valence-corrected chi connectivity index (χ2v) is 3.71. The van der Waals surface area contributed by atoms with Gasteiger partial charge in [0.05, 0.1) is 10.6 Å². The number of hydrogen-bond donors (Lipinski definition) is 0. The van der Waals surface area contributed by atoms with Crippen LogP contribution in [0.2, 0.25) is 0 Å². The Morgan fingerprint density at radius 3 is 2.55 bits per heavy atom. The molecule has 0 saturated heterocycles. The van der Waals surface area contributed by atoms with Gasteiger partial charge in [0.15, 0.2) is 5.69 Å². The molecular formula is C11H5F3N4O2. The van der Waals surface area contributed by atoms with Crippen LogP contribution in [0.5, 0.6) is 0 Å². The molecule has 0 fully saturated rings. The lowest BCUT2D eigenvalue weighted by Crippen LogP contribution is -2.07. The van der Waals surface area contributed by atoms with Crippen molar-refractivity contribution in [2.45, 2.75) is 6.18 Å². The van der Waals surface area contributed by atoms with Gasteiger partial charge in [-0.2, -0.15) is 23.5 Å². The molecule has 0 amide bonds. The summed E-state index contributed by atoms with van der Waals surface area (Å²) in [6.45, 7) is 0. The van der Waals surface area contributed by atoms with E-state index in [9.17, 15) is 23.3 Å². The van der Waals surface area contributed by atoms with Gasteiger partial charge in [-0.05, 0) is 18.2 Å². The van der Waals surface area contributed by atoms with Gasteiger partial charge in [0.2, 0.25) is 0 Å². The summed E-state index contributed by atoms with van der Waals surface area (Å²) in [6.07, 6.45) is -3.56. The molecule has 9 heteroatoms. The Bertz CT molecular complexity index is 715. The number of nitro groups is 1. The van der Waals surface area contributed by atoms with E-state index in [0.717, 1.165) is 29.1 Å². The third kappa shape index (κ3) is 2.44. The van der Waals surface area contributed by atoms with Crippen molar-refractivity contribution >= 4 is 5.69 Å². The lowest BCUT2D eigenvalue weighted by Gasteiger charge is -2.03. The van der Waals surface area contributed by atoms with E-state index in [0.29, 0.717) is 0 Å². The van der Waals surface area contributed by atoms with Crippen LogP contribution in [0.4, 0.5) is 18.9 Å². The molecule has 1 aromatic carbocycles. The molecule has 0 aliphatic rings. The van der Waals surface area contributed by atoms with Crippen LogP contribution < -0.4 is 0 Å². The van der Waals surface area contributed by atoms with Gasteiger partial charge in [-0.25, -0.2) is 4.68 Å². The minimum atomic E-state index is -4.59. The fraction of sp³-hybridized carbons (Fsp3) is 0.0909. The minimum absolute atomic E-state index is 0.0613. The highest BCUT2D eigenvalue weighted by molar-refractivity contribution is 5.54. The highest BCUT2D eigenvalue weighted by Gasteiger charge is 2.33. The number of hydrogen-bond acceptors (Lipinski definition) is 4. The average Bonchev–Trinajstić information content (AvgIpc) is 2.87. The van der Waals surface area contributed by atoms with Gasteiger partial charge in [0.25, 0.3) is 5.69 Å². The summed E-state index contributed by atoms with van der Waals surface area (Å²) >= 11 is 0. The summed E-state index contributed by atoms with van der Waals surface area (Å²) in [6, 6.07) is 5.81. The first-order valence-electron chi connectivity index (χ1n) is 5.14. The van der Waals surface area contributed by atoms with Gasteiger partial charge in [0.1, 0.15) is 11.6 Å². The quantitative estimate of drug-likeness (QED) is 0.626. The van der Waals surface area contributed by atoms with Crippen molar-refractivity contribution in [3.63, 3.8) is 0 Å². The predicted molar refractivity (Wildman–Crippen MR) is 59.9 cm³/mol. The molecule has 0 aliphatic heterocycles. The molecule has 2 rings (SSSR count). The SMILES string of the molecule is N#Cc1ccc(-n2ccc(C(F)(F)F)n2)cc1[N+](=O)[O-]. The molecule has 0 radical (unpaired) electrons. The molecule has 0 saturated carbocycles. The van der Waals surface area contributed by atoms with Gasteiger partial charge >= 0.3 is 6.18 Å². The van der Waals surface area contributed by atoms with E-state index in [4.69, 9.17) is 5.26 Å². The fourth-order valence-electron chi connectivity index (χ4n) is 1.53. The Labute approximate surface area is 109 Å². The normalized spacial score (nSPS) is 11.1. The maximum atomic E-state index is 12.4. The zero-order valence-electron chi connectivity index (χ0n) is 9.63. The number of benzene rings is 1. The molecule has 102 valence electrons. The highest BCUT2D eigenvalue weighted by atomic mass is 19.4. The van der Waals surface area contributed by atoms with E-state index in [1.807, 2.05) is 0 Å². The molecule has 0 aliphatic carbocycles. The summed E-state index contributed by atoms with van der Waals surface area (Å²) in [5.74, 6) is 0. The Hall–Kier alpha value is -2.89. The third-order valence-corrected chi connectivity index (χ3v) is 2.44. The number of nitriles is 1. The van der Waals surface area contributed by atoms with Gasteiger partial charge in [-0.3, -0.25) is 10.1 Å². The molecule has 0 atom stereocenters. The molecular weight excluding hydrogens is 277 g/mol. The first kappa shape index (κ1) is 13.5. The van der Waals surface area contributed by atoms with Crippen molar-refractivity contribution in [3.05, 3.63) is 51.8 Å². The van der Waals surface area contributed by atoms with Crippen molar-refractivity contribution < 1.29 is 18.1 Å². The fourth-order valence-corrected chi connectivity index (χ4v) is 1.53. The van der Waals surface area contributed by atoms with Crippen molar-refractivity contribution in [3.8, 4) is 11.8 Å². The number of halogens is 3. The van der Waals surface area contributed by atoms with Gasteiger partial charge in [0, 0.05) is 12.3 Å². The summed E-state index contributed by atoms with van der Waals surface area (Å²) in [5.41, 5.74) is -1.72. The van der Waals surface area contributed by atoms with Gasteiger partial charge in [-0.15, -0.1) is 0 Å². The molecule has 1 heterocycles. The molecule has 20 heavy (non-hydrogen) atoms. The van der Waals surface area contributed by atoms with Crippen LogP contribution >= 0.6 is 0 Å². The van der Waals surface area contributed by atoms with E-state index in [2.05, 4.69) is 5.10 Å². The van der Waals surface area contributed by atoms with Crippen LogP contribution in [-0.2, 0) is 6.18 Å². The Morgan fingerprint density at radius 1 is 1.35 bits per heavy atom. The van der Waals surface area contributed by atoms with Crippen LogP contribution in [0.1, 0.15) is 11.3 Å². The first-order valence-corrected chi connectivity index (χ1v) is 5.14. The number of nitrogens with zero attached hydrogens (tertiary/aromatic N) is 4. The molecule has 0 spiro atoms. The predicted octanol–water partition coefficient (Wildman–Crippen LogP) is 2.67. The number of nitro benzene ring substituents is 1. The third-order valence-electron chi connectivity index (χ3n) is 2.44. The molecule has 0 unspecified atom stereocenters. The van der Waals surface area contributed by atoms with Crippen molar-refractivity contribution in [2.24, 2.45) is 0 Å². The summed E-state index contributed by atoms with van der Waals surface area (Å²) in [5, 5.41) is 22.8. The Kier molecular flexibility index (Phi) is 3.15. The Morgan fingerprint density at radius 2 is 2.05 bits per heavy atom. The lowest BCUT2D eigenvalue weighted by atomic mass is 10.2. The topological polar surface area (TPSA) is 84.8 Å². The first-order chi connectivity index (χ1) is 9.32. The number of alkyl halides is 3. The van der Waals surface area contributed by atoms with Crippen LogP contribution in [-0.4, -0.2) is 14.7 Å². The van der Waals surface area contributed by atoms with Crippen LogP contribution in [0.15, 0.2) is 30.5 Å². The van der Waals surface area contributed by atoms with Crippen molar-refractivity contribution in [1.29, 1.82) is 5.26 Å². The van der Waals surface area contributed by atoms with E-state index in [1.54, 1.807) is 6.07 Å². The standard InChI is InChI=1S/C11H5F3N4O2/c12-11(13,14)10-3-4-17(16-10)8-2-1-7(6-15)9(5-8)18(19)20/h1-5H. The largest absolute Gasteiger partial charge is 0.435 e. The number of rotatable bonds is 2. The molecule has 6 nitrogen and oxygen atoms in total. The van der Waals surface area contributed by atoms with Crippen LogP contribution in [0.25, 0.3) is 5.69 Å². The van der Waals surface area contributed by atoms with Gasteiger partial charge < -0.3 is 0 Å². The average molecular weight is 282 g/mol. The number of aromatic nitrogens is 2. The summed E-state index contributed by atoms with van der Waals surface area (Å²) < 4.78 is 38.1. The van der Waals surface area contributed by atoms with E-state index < -0.39 is 22.5 Å². The second kappa shape index (κ2) is 4.65. The molecule has 2 aromatic rings. The van der Waals surface area contributed by atoms with Crippen LogP contribution in [0, 0.1) is 21.4 Å². The van der Waals surface area contributed by atoms with E-state index in [-0.39, 0.29) is 11.3 Å². The second-order valence-electron chi connectivity index (χ2n) is 3.71. The van der Waals surface area contributed by atoms with E-state index >= 15 is 0 Å². The highest BCUT2D eigenvalue weighted by Crippen LogP contribution is 2.28. The van der Waals surface area contributed by atoms with Gasteiger partial charge in [-0.1, -0.05) is 0 Å². The zero-order chi connectivity index (χ0) is 14.9. The van der Waals surface area contributed by atoms with Crippen molar-refractivity contribution in [1.82, 2.24) is 9.78 Å². The summed E-state index contributed by atoms with van der Waals surface area (Å²) in [7, 11) is 0. The maximum Gasteiger partial charge on any atom is 0.435 e. The molecule has 0 bridgehead atoms. The smallest absolute Gasteiger partial charge is 0.258 e. The monoisotopic (exact) mass is 282 g/mol. The minimum Gasteiger partial charge on any atom is -0.258 e. The molecule has 0 N–H and O–H groups in total. The Balaban J connectivity index is 2.49. The van der Waals surface area contributed by atoms with Crippen molar-refractivity contribution in [2.75, 3.05) is 0 Å². The van der Waals surface area contributed by atoms with E-state index in [1.165, 1.54) is 6.07 Å². The maximum absolute atomic E-state index is 12.4. The lowest BCUT2D eigenvalue weighted by molar-refractivity contribution is -0.385. The molecule has 1 aromatic heterocycles.